The highest BCUT2D eigenvalue weighted by Gasteiger charge is 2.31. The van der Waals surface area contributed by atoms with Crippen molar-refractivity contribution in [2.75, 3.05) is 46.9 Å². The number of rotatable bonds is 4. The third kappa shape index (κ3) is 3.41. The molecule has 1 aliphatic heterocycles. The van der Waals surface area contributed by atoms with Crippen LogP contribution < -0.4 is 5.73 Å². The van der Waals surface area contributed by atoms with E-state index >= 15 is 0 Å². The summed E-state index contributed by atoms with van der Waals surface area (Å²) < 4.78 is 5.83. The highest BCUT2D eigenvalue weighted by Crippen LogP contribution is 2.28. The van der Waals surface area contributed by atoms with Crippen LogP contribution >= 0.6 is 0 Å². The van der Waals surface area contributed by atoms with Gasteiger partial charge in [-0.2, -0.15) is 0 Å². The molecule has 1 aliphatic carbocycles. The molecule has 0 radical (unpaired) electrons. The van der Waals surface area contributed by atoms with Gasteiger partial charge in [0.2, 0.25) is 0 Å². The molecule has 4 nitrogen and oxygen atoms in total. The first-order valence-corrected chi connectivity index (χ1v) is 6.91. The Balaban J connectivity index is 1.81. The van der Waals surface area contributed by atoms with Crippen LogP contribution in [0, 0.1) is 5.92 Å². The van der Waals surface area contributed by atoms with E-state index in [1.165, 1.54) is 19.3 Å². The van der Waals surface area contributed by atoms with E-state index in [9.17, 15) is 0 Å². The van der Waals surface area contributed by atoms with Gasteiger partial charge in [-0.25, -0.2) is 0 Å². The first-order chi connectivity index (χ1) is 8.20. The topological polar surface area (TPSA) is 41.7 Å². The minimum Gasteiger partial charge on any atom is -0.374 e. The van der Waals surface area contributed by atoms with Crippen LogP contribution in [-0.4, -0.2) is 68.8 Å². The van der Waals surface area contributed by atoms with Crippen LogP contribution in [0.2, 0.25) is 0 Å². The van der Waals surface area contributed by atoms with Crippen LogP contribution in [-0.2, 0) is 4.74 Å². The standard InChI is InChI=1S/C13H27N3O/c1-15-6-7-17-12(9-15)10-16(2)13-5-3-4-11(13)8-14/h11-13H,3-10,14H2,1-2H3. The highest BCUT2D eigenvalue weighted by atomic mass is 16.5. The zero-order valence-corrected chi connectivity index (χ0v) is 11.3. The molecular formula is C13H27N3O. The SMILES string of the molecule is CN1CCOC(CN(C)C2CCCC2CN)C1. The predicted molar refractivity (Wildman–Crippen MR) is 70.1 cm³/mol. The minimum atomic E-state index is 0.373. The molecule has 0 aromatic carbocycles. The van der Waals surface area contributed by atoms with Gasteiger partial charge in [-0.3, -0.25) is 0 Å². The Morgan fingerprint density at radius 1 is 1.41 bits per heavy atom. The molecule has 2 fully saturated rings. The molecule has 1 saturated heterocycles. The summed E-state index contributed by atoms with van der Waals surface area (Å²) in [5.74, 6) is 0.696. The third-order valence-electron chi connectivity index (χ3n) is 4.32. The number of nitrogens with zero attached hydrogens (tertiary/aromatic N) is 2. The molecule has 2 N–H and O–H groups in total. The molecule has 2 rings (SSSR count). The molecule has 1 saturated carbocycles. The van der Waals surface area contributed by atoms with Gasteiger partial charge in [-0.05, 0) is 39.4 Å². The third-order valence-corrected chi connectivity index (χ3v) is 4.32. The van der Waals surface area contributed by atoms with Gasteiger partial charge >= 0.3 is 0 Å². The molecule has 100 valence electrons. The van der Waals surface area contributed by atoms with Crippen molar-refractivity contribution in [3.8, 4) is 0 Å². The maximum Gasteiger partial charge on any atom is 0.0829 e. The second-order valence-corrected chi connectivity index (χ2v) is 5.69. The quantitative estimate of drug-likeness (QED) is 0.772. The second-order valence-electron chi connectivity index (χ2n) is 5.69. The zero-order chi connectivity index (χ0) is 12.3. The maximum absolute atomic E-state index is 5.85. The minimum absolute atomic E-state index is 0.373. The molecule has 2 aliphatic rings. The van der Waals surface area contributed by atoms with E-state index in [4.69, 9.17) is 10.5 Å². The van der Waals surface area contributed by atoms with Crippen LogP contribution in [0.15, 0.2) is 0 Å². The van der Waals surface area contributed by atoms with E-state index in [1.54, 1.807) is 0 Å². The Hall–Kier alpha value is -0.160. The Morgan fingerprint density at radius 3 is 2.94 bits per heavy atom. The van der Waals surface area contributed by atoms with Gasteiger partial charge in [-0.1, -0.05) is 6.42 Å². The van der Waals surface area contributed by atoms with E-state index in [0.717, 1.165) is 32.8 Å². The van der Waals surface area contributed by atoms with Crippen molar-refractivity contribution in [3.63, 3.8) is 0 Å². The van der Waals surface area contributed by atoms with Crippen LogP contribution in [0.5, 0.6) is 0 Å². The van der Waals surface area contributed by atoms with E-state index in [1.807, 2.05) is 0 Å². The van der Waals surface area contributed by atoms with Gasteiger partial charge in [-0.15, -0.1) is 0 Å². The van der Waals surface area contributed by atoms with Crippen molar-refractivity contribution in [2.24, 2.45) is 11.7 Å². The van der Waals surface area contributed by atoms with Crippen LogP contribution in [0.3, 0.4) is 0 Å². The molecular weight excluding hydrogens is 214 g/mol. The van der Waals surface area contributed by atoms with E-state index in [2.05, 4.69) is 23.9 Å². The smallest absolute Gasteiger partial charge is 0.0829 e. The Kier molecular flexibility index (Phi) is 4.79. The zero-order valence-electron chi connectivity index (χ0n) is 11.3. The van der Waals surface area contributed by atoms with Crippen molar-refractivity contribution >= 4 is 0 Å². The van der Waals surface area contributed by atoms with Gasteiger partial charge < -0.3 is 20.3 Å². The summed E-state index contributed by atoms with van der Waals surface area (Å²) in [5.41, 5.74) is 5.85. The highest BCUT2D eigenvalue weighted by molar-refractivity contribution is 4.86. The molecule has 0 spiro atoms. The molecule has 0 amide bonds. The molecule has 3 unspecified atom stereocenters. The normalized spacial score (nSPS) is 35.6. The number of morpholine rings is 1. The lowest BCUT2D eigenvalue weighted by atomic mass is 10.0. The summed E-state index contributed by atoms with van der Waals surface area (Å²) in [4.78, 5) is 4.84. The lowest BCUT2D eigenvalue weighted by Gasteiger charge is -2.36. The first-order valence-electron chi connectivity index (χ1n) is 6.91. The van der Waals surface area contributed by atoms with Gasteiger partial charge in [0.15, 0.2) is 0 Å². The molecule has 4 heteroatoms. The Morgan fingerprint density at radius 2 is 2.24 bits per heavy atom. The summed E-state index contributed by atoms with van der Waals surface area (Å²) >= 11 is 0. The average molecular weight is 241 g/mol. The van der Waals surface area contributed by atoms with Crippen molar-refractivity contribution < 1.29 is 4.74 Å². The Labute approximate surface area is 105 Å². The van der Waals surface area contributed by atoms with Crippen molar-refractivity contribution in [1.29, 1.82) is 0 Å². The summed E-state index contributed by atoms with van der Waals surface area (Å²) in [6.45, 7) is 4.88. The van der Waals surface area contributed by atoms with Crippen molar-refractivity contribution in [3.05, 3.63) is 0 Å². The number of hydrogen-bond donors (Lipinski definition) is 1. The Bertz CT molecular complexity index is 237. The summed E-state index contributed by atoms with van der Waals surface area (Å²) in [5, 5.41) is 0. The summed E-state index contributed by atoms with van der Waals surface area (Å²) in [7, 11) is 4.41. The molecule has 3 atom stereocenters. The van der Waals surface area contributed by atoms with Crippen LogP contribution in [0.4, 0.5) is 0 Å². The van der Waals surface area contributed by atoms with Crippen LogP contribution in [0.25, 0.3) is 0 Å². The lowest BCUT2D eigenvalue weighted by molar-refractivity contribution is -0.0391. The molecule has 0 aromatic rings. The van der Waals surface area contributed by atoms with E-state index in [-0.39, 0.29) is 0 Å². The first kappa shape index (κ1) is 13.3. The molecule has 1 heterocycles. The number of nitrogens with two attached hydrogens (primary N) is 1. The second kappa shape index (κ2) is 6.14. The number of hydrogen-bond acceptors (Lipinski definition) is 4. The summed E-state index contributed by atoms with van der Waals surface area (Å²) in [6, 6.07) is 0.677. The maximum atomic E-state index is 5.85. The number of ether oxygens (including phenoxy) is 1. The average Bonchev–Trinajstić information content (AvgIpc) is 2.77. The molecule has 0 bridgehead atoms. The van der Waals surface area contributed by atoms with Gasteiger partial charge in [0.25, 0.3) is 0 Å². The molecule has 17 heavy (non-hydrogen) atoms. The monoisotopic (exact) mass is 241 g/mol. The summed E-state index contributed by atoms with van der Waals surface area (Å²) in [6.07, 6.45) is 4.32. The van der Waals surface area contributed by atoms with Gasteiger partial charge in [0, 0.05) is 25.7 Å². The predicted octanol–water partition coefficient (Wildman–Crippen LogP) is 0.376. The van der Waals surface area contributed by atoms with Crippen LogP contribution in [0.1, 0.15) is 19.3 Å². The lowest BCUT2D eigenvalue weighted by Crippen LogP contribution is -2.48. The van der Waals surface area contributed by atoms with Crippen molar-refractivity contribution in [2.45, 2.75) is 31.4 Å². The fraction of sp³-hybridized carbons (Fsp3) is 1.00. The fourth-order valence-electron chi connectivity index (χ4n) is 3.31. The fourth-order valence-corrected chi connectivity index (χ4v) is 3.31. The van der Waals surface area contributed by atoms with Crippen molar-refractivity contribution in [1.82, 2.24) is 9.80 Å². The van der Waals surface area contributed by atoms with E-state index < -0.39 is 0 Å². The number of likely N-dealkylation sites (N-methyl/N-ethyl adjacent to an activating group) is 2. The van der Waals surface area contributed by atoms with Gasteiger partial charge in [0.05, 0.1) is 12.7 Å². The molecule has 0 aromatic heterocycles. The largest absolute Gasteiger partial charge is 0.374 e. The van der Waals surface area contributed by atoms with E-state index in [0.29, 0.717) is 18.1 Å². The van der Waals surface area contributed by atoms with Gasteiger partial charge in [0.1, 0.15) is 0 Å².